The first-order valence-corrected chi connectivity index (χ1v) is 11.9. The summed E-state index contributed by atoms with van der Waals surface area (Å²) in [5.41, 5.74) is 3.47. The summed E-state index contributed by atoms with van der Waals surface area (Å²) in [6, 6.07) is 11.6. The monoisotopic (exact) mass is 450 g/mol. The quantitative estimate of drug-likeness (QED) is 0.411. The second-order valence-electron chi connectivity index (χ2n) is 8.99. The molecule has 0 unspecified atom stereocenters. The van der Waals surface area contributed by atoms with E-state index in [2.05, 4.69) is 15.2 Å². The van der Waals surface area contributed by atoms with Gasteiger partial charge in [0.1, 0.15) is 5.82 Å². The standard InChI is InChI=1S/C26H34N4O3/c1-32-16-13-18-11-14-30(15-12-18)22-17-21(26(31)33-2)29-25(28-20-9-4-3-5-10-20)23(22)24(27)19-7-6-8-19/h3-5,9-10,17-19,27H,6-8,11-16H2,1-2H3,(H,28,29). The molecule has 1 aromatic heterocycles. The van der Waals surface area contributed by atoms with Crippen LogP contribution in [0.1, 0.15) is 54.6 Å². The van der Waals surface area contributed by atoms with Crippen molar-refractivity contribution in [2.24, 2.45) is 11.8 Å². The Bertz CT molecular complexity index is 967. The van der Waals surface area contributed by atoms with Crippen LogP contribution in [0.2, 0.25) is 0 Å². The third kappa shape index (κ3) is 5.36. The fraction of sp³-hybridized carbons (Fsp3) is 0.500. The molecule has 7 heteroatoms. The van der Waals surface area contributed by atoms with Gasteiger partial charge in [-0.15, -0.1) is 0 Å². The van der Waals surface area contributed by atoms with Gasteiger partial charge in [0, 0.05) is 44.1 Å². The topological polar surface area (TPSA) is 87.5 Å². The number of carbonyl (C=O) groups is 1. The van der Waals surface area contributed by atoms with Gasteiger partial charge in [-0.3, -0.25) is 0 Å². The van der Waals surface area contributed by atoms with Crippen molar-refractivity contribution in [1.29, 1.82) is 5.41 Å². The molecular weight excluding hydrogens is 416 g/mol. The minimum Gasteiger partial charge on any atom is -0.464 e. The minimum atomic E-state index is -0.468. The van der Waals surface area contributed by atoms with Crippen molar-refractivity contribution in [1.82, 2.24) is 4.98 Å². The normalized spacial score (nSPS) is 16.8. The van der Waals surface area contributed by atoms with Crippen LogP contribution in [0.15, 0.2) is 36.4 Å². The van der Waals surface area contributed by atoms with Gasteiger partial charge in [0.25, 0.3) is 0 Å². The highest BCUT2D eigenvalue weighted by atomic mass is 16.5. The maximum Gasteiger partial charge on any atom is 0.356 e. The van der Waals surface area contributed by atoms with Crippen LogP contribution in [-0.4, -0.2) is 50.6 Å². The highest BCUT2D eigenvalue weighted by Crippen LogP contribution is 2.38. The lowest BCUT2D eigenvalue weighted by atomic mass is 9.79. The molecule has 0 bridgehead atoms. The van der Waals surface area contributed by atoms with Gasteiger partial charge in [0.05, 0.1) is 18.4 Å². The van der Waals surface area contributed by atoms with Crippen LogP contribution in [0.25, 0.3) is 0 Å². The Morgan fingerprint density at radius 2 is 1.88 bits per heavy atom. The first kappa shape index (κ1) is 23.2. The Balaban J connectivity index is 1.73. The molecular formula is C26H34N4O3. The number of para-hydroxylation sites is 1. The van der Waals surface area contributed by atoms with Crippen LogP contribution in [0.5, 0.6) is 0 Å². The molecule has 33 heavy (non-hydrogen) atoms. The number of aromatic nitrogens is 1. The fourth-order valence-corrected chi connectivity index (χ4v) is 4.65. The van der Waals surface area contributed by atoms with E-state index in [1.165, 1.54) is 7.11 Å². The van der Waals surface area contributed by atoms with Gasteiger partial charge in [0.15, 0.2) is 5.69 Å². The molecule has 0 amide bonds. The number of rotatable bonds is 9. The lowest BCUT2D eigenvalue weighted by Gasteiger charge is -2.36. The molecule has 4 rings (SSSR count). The fourth-order valence-electron chi connectivity index (χ4n) is 4.65. The number of piperidine rings is 1. The molecule has 7 nitrogen and oxygen atoms in total. The maximum atomic E-state index is 12.5. The molecule has 2 fully saturated rings. The summed E-state index contributed by atoms with van der Waals surface area (Å²) in [6.07, 6.45) is 6.41. The summed E-state index contributed by atoms with van der Waals surface area (Å²) in [5, 5.41) is 12.5. The van der Waals surface area contributed by atoms with E-state index in [4.69, 9.17) is 14.9 Å². The number of pyridine rings is 1. The van der Waals surface area contributed by atoms with E-state index in [1.54, 1.807) is 7.11 Å². The average molecular weight is 451 g/mol. The van der Waals surface area contributed by atoms with Gasteiger partial charge < -0.3 is 25.1 Å². The lowest BCUT2D eigenvalue weighted by Crippen LogP contribution is -2.36. The highest BCUT2D eigenvalue weighted by Gasteiger charge is 2.31. The Morgan fingerprint density at radius 1 is 1.15 bits per heavy atom. The van der Waals surface area contributed by atoms with Crippen LogP contribution in [0, 0.1) is 17.2 Å². The largest absolute Gasteiger partial charge is 0.464 e. The summed E-state index contributed by atoms with van der Waals surface area (Å²) in [4.78, 5) is 19.5. The molecule has 1 saturated heterocycles. The van der Waals surface area contributed by atoms with Gasteiger partial charge in [0.2, 0.25) is 0 Å². The first-order valence-electron chi connectivity index (χ1n) is 11.9. The molecule has 0 atom stereocenters. The number of carbonyl (C=O) groups excluding carboxylic acids is 1. The molecule has 0 radical (unpaired) electrons. The maximum absolute atomic E-state index is 12.5. The number of esters is 1. The Labute approximate surface area is 196 Å². The van der Waals surface area contributed by atoms with Crippen molar-refractivity contribution >= 4 is 28.9 Å². The molecule has 2 aromatic rings. The van der Waals surface area contributed by atoms with Gasteiger partial charge in [-0.2, -0.15) is 0 Å². The van der Waals surface area contributed by atoms with Crippen molar-refractivity contribution < 1.29 is 14.3 Å². The molecule has 1 saturated carbocycles. The third-order valence-electron chi connectivity index (χ3n) is 6.90. The predicted octanol–water partition coefficient (Wildman–Crippen LogP) is 5.03. The van der Waals surface area contributed by atoms with Crippen molar-refractivity contribution in [2.45, 2.75) is 38.5 Å². The summed E-state index contributed by atoms with van der Waals surface area (Å²) in [6.45, 7) is 2.55. The van der Waals surface area contributed by atoms with E-state index in [0.29, 0.717) is 17.4 Å². The summed E-state index contributed by atoms with van der Waals surface area (Å²) >= 11 is 0. The second kappa shape index (κ2) is 10.8. The minimum absolute atomic E-state index is 0.241. The Morgan fingerprint density at radius 3 is 2.48 bits per heavy atom. The molecule has 1 aliphatic heterocycles. The smallest absolute Gasteiger partial charge is 0.356 e. The van der Waals surface area contributed by atoms with Crippen LogP contribution >= 0.6 is 0 Å². The van der Waals surface area contributed by atoms with E-state index in [0.717, 1.165) is 75.2 Å². The van der Waals surface area contributed by atoms with E-state index in [-0.39, 0.29) is 11.6 Å². The van der Waals surface area contributed by atoms with Crippen molar-refractivity contribution in [2.75, 3.05) is 44.1 Å². The van der Waals surface area contributed by atoms with Crippen LogP contribution < -0.4 is 10.2 Å². The summed E-state index contributed by atoms with van der Waals surface area (Å²) in [5.74, 6) is 0.964. The van der Waals surface area contributed by atoms with Crippen molar-refractivity contribution in [3.05, 3.63) is 47.7 Å². The van der Waals surface area contributed by atoms with E-state index in [9.17, 15) is 4.79 Å². The van der Waals surface area contributed by atoms with Crippen molar-refractivity contribution in [3.8, 4) is 0 Å². The number of nitrogens with zero attached hydrogens (tertiary/aromatic N) is 2. The lowest BCUT2D eigenvalue weighted by molar-refractivity contribution is 0.0594. The summed E-state index contributed by atoms with van der Waals surface area (Å²) in [7, 11) is 3.12. The number of methoxy groups -OCH3 is 2. The SMILES string of the molecule is COCCC1CCN(c2cc(C(=O)OC)nc(Nc3ccccc3)c2C(=N)C2CCC2)CC1. The zero-order chi connectivity index (χ0) is 23.2. The molecule has 1 aliphatic carbocycles. The van der Waals surface area contributed by atoms with Gasteiger partial charge in [-0.1, -0.05) is 24.6 Å². The second-order valence-corrected chi connectivity index (χ2v) is 8.99. The highest BCUT2D eigenvalue weighted by molar-refractivity contribution is 6.10. The van der Waals surface area contributed by atoms with E-state index in [1.807, 2.05) is 36.4 Å². The average Bonchev–Trinajstić information content (AvgIpc) is 2.81. The molecule has 2 N–H and O–H groups in total. The number of nitrogens with one attached hydrogen (secondary N) is 2. The van der Waals surface area contributed by atoms with Crippen LogP contribution in [-0.2, 0) is 9.47 Å². The van der Waals surface area contributed by atoms with Crippen LogP contribution in [0.3, 0.4) is 0 Å². The number of hydrogen-bond donors (Lipinski definition) is 2. The van der Waals surface area contributed by atoms with Gasteiger partial charge in [-0.25, -0.2) is 9.78 Å². The Kier molecular flexibility index (Phi) is 7.60. The Hall–Kier alpha value is -2.93. The molecule has 176 valence electrons. The van der Waals surface area contributed by atoms with Gasteiger partial charge >= 0.3 is 5.97 Å². The van der Waals surface area contributed by atoms with Gasteiger partial charge in [-0.05, 0) is 56.2 Å². The molecule has 0 spiro atoms. The molecule has 2 heterocycles. The zero-order valence-corrected chi connectivity index (χ0v) is 19.6. The number of benzene rings is 1. The third-order valence-corrected chi connectivity index (χ3v) is 6.90. The number of ether oxygens (including phenoxy) is 2. The summed E-state index contributed by atoms with van der Waals surface area (Å²) < 4.78 is 10.3. The van der Waals surface area contributed by atoms with E-state index < -0.39 is 5.97 Å². The van der Waals surface area contributed by atoms with E-state index >= 15 is 0 Å². The van der Waals surface area contributed by atoms with Crippen LogP contribution in [0.4, 0.5) is 17.2 Å². The first-order chi connectivity index (χ1) is 16.1. The molecule has 2 aliphatic rings. The number of hydrogen-bond acceptors (Lipinski definition) is 7. The zero-order valence-electron chi connectivity index (χ0n) is 19.6. The predicted molar refractivity (Wildman–Crippen MR) is 131 cm³/mol. The number of anilines is 3. The van der Waals surface area contributed by atoms with Crippen molar-refractivity contribution in [3.63, 3.8) is 0 Å². The molecule has 1 aromatic carbocycles.